The number of nitrogens with zero attached hydrogens (tertiary/aromatic N) is 3. The lowest BCUT2D eigenvalue weighted by molar-refractivity contribution is -0.110. The van der Waals surface area contributed by atoms with Gasteiger partial charge >= 0.3 is 0 Å². The topological polar surface area (TPSA) is 80.0 Å². The Balaban J connectivity index is 1.92. The van der Waals surface area contributed by atoms with Crippen LogP contribution in [-0.2, 0) is 4.79 Å². The van der Waals surface area contributed by atoms with E-state index in [-0.39, 0.29) is 6.04 Å². The van der Waals surface area contributed by atoms with E-state index in [9.17, 15) is 9.90 Å². The van der Waals surface area contributed by atoms with Gasteiger partial charge in [-0.25, -0.2) is 4.68 Å². The number of aliphatic hydroxyl groups is 1. The first-order chi connectivity index (χ1) is 7.20. The van der Waals surface area contributed by atoms with Gasteiger partial charge in [-0.05, 0) is 19.8 Å². The quantitative estimate of drug-likeness (QED) is 0.673. The Bertz CT molecular complexity index is 344. The number of rotatable bonds is 4. The molecule has 6 nitrogen and oxygen atoms in total. The van der Waals surface area contributed by atoms with Gasteiger partial charge in [0.15, 0.2) is 0 Å². The average Bonchev–Trinajstić information content (AvgIpc) is 2.59. The maximum absolute atomic E-state index is 10.2. The van der Waals surface area contributed by atoms with Crippen LogP contribution in [0.15, 0.2) is 6.20 Å². The van der Waals surface area contributed by atoms with E-state index >= 15 is 0 Å². The van der Waals surface area contributed by atoms with E-state index in [2.05, 4.69) is 15.6 Å². The number of hydrogen-bond acceptors (Lipinski definition) is 4. The molecule has 2 N–H and O–H groups in total. The third-order valence-electron chi connectivity index (χ3n) is 2.75. The zero-order chi connectivity index (χ0) is 10.8. The van der Waals surface area contributed by atoms with E-state index in [0.717, 1.165) is 19.3 Å². The second-order valence-electron chi connectivity index (χ2n) is 3.91. The first kappa shape index (κ1) is 10.1. The molecule has 0 bridgehead atoms. The molecule has 1 fully saturated rings. The zero-order valence-corrected chi connectivity index (χ0v) is 8.50. The van der Waals surface area contributed by atoms with Gasteiger partial charge in [0.1, 0.15) is 5.69 Å². The highest BCUT2D eigenvalue weighted by Crippen LogP contribution is 2.31. The van der Waals surface area contributed by atoms with Crippen LogP contribution in [0.1, 0.15) is 37.6 Å². The molecule has 1 amide bonds. The van der Waals surface area contributed by atoms with Crippen molar-refractivity contribution in [1.82, 2.24) is 20.3 Å². The standard InChI is InChI=1S/C9H14N4O2/c1-6(15)9-4-13(12-11-9)8-2-7(3-8)10-5-14/h4-8,15H,2-3H2,1H3,(H,10,14). The molecule has 1 aliphatic rings. The van der Waals surface area contributed by atoms with Crippen LogP contribution >= 0.6 is 0 Å². The second-order valence-corrected chi connectivity index (χ2v) is 3.91. The van der Waals surface area contributed by atoms with E-state index in [1.165, 1.54) is 0 Å². The number of hydrogen-bond donors (Lipinski definition) is 2. The monoisotopic (exact) mass is 210 g/mol. The van der Waals surface area contributed by atoms with Crippen molar-refractivity contribution in [3.05, 3.63) is 11.9 Å². The van der Waals surface area contributed by atoms with Crippen molar-refractivity contribution in [3.8, 4) is 0 Å². The molecule has 1 heterocycles. The van der Waals surface area contributed by atoms with Crippen LogP contribution in [0.3, 0.4) is 0 Å². The molecule has 1 aliphatic carbocycles. The predicted octanol–water partition coefficient (Wildman–Crippen LogP) is -0.219. The van der Waals surface area contributed by atoms with E-state index in [0.29, 0.717) is 11.7 Å². The molecule has 1 unspecified atom stereocenters. The zero-order valence-electron chi connectivity index (χ0n) is 8.50. The summed E-state index contributed by atoms with van der Waals surface area (Å²) in [5, 5.41) is 19.8. The van der Waals surface area contributed by atoms with Gasteiger partial charge in [0.05, 0.1) is 18.3 Å². The molecular formula is C9H14N4O2. The van der Waals surface area contributed by atoms with Crippen LogP contribution in [0.5, 0.6) is 0 Å². The molecule has 6 heteroatoms. The summed E-state index contributed by atoms with van der Waals surface area (Å²) in [6.45, 7) is 1.66. The maximum Gasteiger partial charge on any atom is 0.207 e. The minimum Gasteiger partial charge on any atom is -0.387 e. The van der Waals surface area contributed by atoms with Gasteiger partial charge < -0.3 is 10.4 Å². The average molecular weight is 210 g/mol. The van der Waals surface area contributed by atoms with Gasteiger partial charge in [0.2, 0.25) is 6.41 Å². The smallest absolute Gasteiger partial charge is 0.207 e. The lowest BCUT2D eigenvalue weighted by atomic mass is 9.87. The van der Waals surface area contributed by atoms with E-state index in [1.54, 1.807) is 17.8 Å². The third-order valence-corrected chi connectivity index (χ3v) is 2.75. The lowest BCUT2D eigenvalue weighted by Crippen LogP contribution is -2.41. The van der Waals surface area contributed by atoms with Gasteiger partial charge in [-0.2, -0.15) is 0 Å². The van der Waals surface area contributed by atoms with Crippen molar-refractivity contribution in [1.29, 1.82) is 0 Å². The molecule has 0 saturated heterocycles. The SMILES string of the molecule is CC(O)c1cn(C2CC(NC=O)C2)nn1. The Hall–Kier alpha value is -1.43. The highest BCUT2D eigenvalue weighted by Gasteiger charge is 2.31. The largest absolute Gasteiger partial charge is 0.387 e. The second kappa shape index (κ2) is 3.98. The highest BCUT2D eigenvalue weighted by atomic mass is 16.3. The van der Waals surface area contributed by atoms with Crippen LogP contribution in [0.2, 0.25) is 0 Å². The first-order valence-electron chi connectivity index (χ1n) is 5.00. The molecular weight excluding hydrogens is 196 g/mol. The van der Waals surface area contributed by atoms with Gasteiger partial charge in [-0.1, -0.05) is 5.21 Å². The molecule has 1 aromatic rings. The molecule has 2 rings (SSSR count). The Morgan fingerprint density at radius 1 is 1.73 bits per heavy atom. The third kappa shape index (κ3) is 1.99. The Morgan fingerprint density at radius 2 is 2.47 bits per heavy atom. The fourth-order valence-electron chi connectivity index (χ4n) is 1.70. The van der Waals surface area contributed by atoms with Gasteiger partial charge in [-0.15, -0.1) is 5.10 Å². The first-order valence-corrected chi connectivity index (χ1v) is 5.00. The van der Waals surface area contributed by atoms with Crippen molar-refractivity contribution in [3.63, 3.8) is 0 Å². The van der Waals surface area contributed by atoms with Crippen molar-refractivity contribution in [2.24, 2.45) is 0 Å². The molecule has 1 atom stereocenters. The fourth-order valence-corrected chi connectivity index (χ4v) is 1.70. The summed E-state index contributed by atoms with van der Waals surface area (Å²) in [7, 11) is 0. The summed E-state index contributed by atoms with van der Waals surface area (Å²) in [5.41, 5.74) is 0.585. The van der Waals surface area contributed by atoms with Crippen molar-refractivity contribution >= 4 is 6.41 Å². The summed E-state index contributed by atoms with van der Waals surface area (Å²) >= 11 is 0. The number of carbonyl (C=O) groups is 1. The minimum absolute atomic E-state index is 0.256. The fraction of sp³-hybridized carbons (Fsp3) is 0.667. The van der Waals surface area contributed by atoms with E-state index < -0.39 is 6.10 Å². The summed E-state index contributed by atoms with van der Waals surface area (Å²) in [5.74, 6) is 0. The Morgan fingerprint density at radius 3 is 3.00 bits per heavy atom. The number of aliphatic hydroxyl groups excluding tert-OH is 1. The number of amides is 1. The molecule has 1 aromatic heterocycles. The number of carbonyl (C=O) groups excluding carboxylic acids is 1. The molecule has 1 saturated carbocycles. The lowest BCUT2D eigenvalue weighted by Gasteiger charge is -2.34. The van der Waals surface area contributed by atoms with E-state index in [1.807, 2.05) is 0 Å². The normalized spacial score (nSPS) is 26.8. The van der Waals surface area contributed by atoms with Gasteiger partial charge in [-0.3, -0.25) is 4.79 Å². The molecule has 0 spiro atoms. The Labute approximate surface area is 87.3 Å². The number of aromatic nitrogens is 3. The summed E-state index contributed by atoms with van der Waals surface area (Å²) in [6.07, 6.45) is 3.65. The maximum atomic E-state index is 10.2. The molecule has 0 radical (unpaired) electrons. The van der Waals surface area contributed by atoms with Gasteiger partial charge in [0, 0.05) is 6.04 Å². The summed E-state index contributed by atoms with van der Waals surface area (Å²) in [4.78, 5) is 10.2. The van der Waals surface area contributed by atoms with Crippen molar-refractivity contribution < 1.29 is 9.90 Å². The van der Waals surface area contributed by atoms with Gasteiger partial charge in [0.25, 0.3) is 0 Å². The Kier molecular flexibility index (Phi) is 2.68. The molecule has 0 aliphatic heterocycles. The summed E-state index contributed by atoms with van der Waals surface area (Å²) < 4.78 is 1.75. The van der Waals surface area contributed by atoms with Crippen LogP contribution in [0, 0.1) is 0 Å². The molecule has 15 heavy (non-hydrogen) atoms. The van der Waals surface area contributed by atoms with Crippen LogP contribution < -0.4 is 5.32 Å². The molecule has 0 aromatic carbocycles. The van der Waals surface area contributed by atoms with Crippen LogP contribution in [0.25, 0.3) is 0 Å². The highest BCUT2D eigenvalue weighted by molar-refractivity contribution is 5.47. The van der Waals surface area contributed by atoms with Crippen molar-refractivity contribution in [2.75, 3.05) is 0 Å². The van der Waals surface area contributed by atoms with Crippen molar-refractivity contribution in [2.45, 2.75) is 38.0 Å². The summed E-state index contributed by atoms with van der Waals surface area (Å²) in [6, 6.07) is 0.550. The predicted molar refractivity (Wildman–Crippen MR) is 51.9 cm³/mol. The van der Waals surface area contributed by atoms with E-state index in [4.69, 9.17) is 0 Å². The number of nitrogens with one attached hydrogen (secondary N) is 1. The van der Waals surface area contributed by atoms with Crippen LogP contribution in [0.4, 0.5) is 0 Å². The van der Waals surface area contributed by atoms with Crippen LogP contribution in [-0.4, -0.2) is 32.6 Å². The minimum atomic E-state index is -0.581. The molecule has 82 valence electrons.